The Kier molecular flexibility index (Phi) is 4.21. The third-order valence-corrected chi connectivity index (χ3v) is 5.10. The molecule has 0 unspecified atom stereocenters. The minimum Gasteiger partial charge on any atom is -0.298 e. The summed E-state index contributed by atoms with van der Waals surface area (Å²) < 4.78 is 2.04. The number of para-hydroxylation sites is 1. The first-order valence-corrected chi connectivity index (χ1v) is 8.53. The van der Waals surface area contributed by atoms with Gasteiger partial charge in [0.15, 0.2) is 5.13 Å². The minimum absolute atomic E-state index is 0.114. The smallest absolute Gasteiger partial charge is 0.258 e. The fourth-order valence-corrected chi connectivity index (χ4v) is 3.70. The van der Waals surface area contributed by atoms with Crippen molar-refractivity contribution in [2.75, 3.05) is 5.32 Å². The van der Waals surface area contributed by atoms with Gasteiger partial charge in [0.2, 0.25) is 0 Å². The van der Waals surface area contributed by atoms with Gasteiger partial charge in [-0.3, -0.25) is 10.1 Å². The maximum atomic E-state index is 12.3. The third-order valence-electron chi connectivity index (χ3n) is 3.22. The third kappa shape index (κ3) is 2.94. The molecule has 1 N–H and O–H groups in total. The van der Waals surface area contributed by atoms with E-state index < -0.39 is 0 Å². The van der Waals surface area contributed by atoms with Crippen molar-refractivity contribution in [3.63, 3.8) is 0 Å². The molecule has 0 fully saturated rings. The van der Waals surface area contributed by atoms with Crippen LogP contribution in [0.15, 0.2) is 42.5 Å². The Morgan fingerprint density at radius 1 is 1.24 bits per heavy atom. The monoisotopic (exact) mass is 408 g/mol. The molecule has 0 spiro atoms. The second-order valence-electron chi connectivity index (χ2n) is 4.57. The molecule has 3 nitrogen and oxygen atoms in total. The first kappa shape index (κ1) is 14.5. The number of halogens is 1. The number of nitrogens with one attached hydrogen (secondary N) is 1. The Bertz CT molecular complexity index is 813. The van der Waals surface area contributed by atoms with Crippen molar-refractivity contribution in [2.45, 2.75) is 13.3 Å². The van der Waals surface area contributed by atoms with E-state index in [4.69, 9.17) is 0 Å². The molecule has 1 amide bonds. The summed E-state index contributed by atoms with van der Waals surface area (Å²) in [4.78, 5) is 16.9. The van der Waals surface area contributed by atoms with Crippen LogP contribution in [0.25, 0.3) is 10.2 Å². The van der Waals surface area contributed by atoms with Crippen LogP contribution in [0.4, 0.5) is 5.13 Å². The average molecular weight is 408 g/mol. The lowest BCUT2D eigenvalue weighted by Crippen LogP contribution is -2.13. The summed E-state index contributed by atoms with van der Waals surface area (Å²) in [6.07, 6.45) is 0.936. The Hall–Kier alpha value is -1.47. The van der Waals surface area contributed by atoms with E-state index in [0.717, 1.165) is 20.2 Å². The van der Waals surface area contributed by atoms with E-state index in [1.54, 1.807) is 0 Å². The van der Waals surface area contributed by atoms with Gasteiger partial charge in [-0.2, -0.15) is 0 Å². The van der Waals surface area contributed by atoms with Crippen molar-refractivity contribution in [2.24, 2.45) is 0 Å². The molecule has 1 aromatic heterocycles. The van der Waals surface area contributed by atoms with Crippen molar-refractivity contribution >= 4 is 55.2 Å². The molecule has 2 aromatic carbocycles. The number of nitrogens with zero attached hydrogens (tertiary/aromatic N) is 1. The number of hydrogen-bond donors (Lipinski definition) is 1. The molecule has 0 radical (unpaired) electrons. The van der Waals surface area contributed by atoms with Gasteiger partial charge < -0.3 is 0 Å². The number of carbonyl (C=O) groups is 1. The second-order valence-corrected chi connectivity index (χ2v) is 6.76. The Labute approximate surface area is 140 Å². The zero-order valence-electron chi connectivity index (χ0n) is 11.4. The molecule has 0 aliphatic heterocycles. The van der Waals surface area contributed by atoms with Crippen molar-refractivity contribution in [3.05, 3.63) is 57.2 Å². The molecule has 0 saturated carbocycles. The number of aryl methyl sites for hydroxylation is 1. The number of amides is 1. The van der Waals surface area contributed by atoms with Gasteiger partial charge in [-0.15, -0.1) is 0 Å². The first-order chi connectivity index (χ1) is 10.2. The van der Waals surface area contributed by atoms with E-state index in [1.165, 1.54) is 16.9 Å². The summed E-state index contributed by atoms with van der Waals surface area (Å²) in [6.45, 7) is 2.11. The van der Waals surface area contributed by atoms with Crippen LogP contribution in [0, 0.1) is 3.57 Å². The lowest BCUT2D eigenvalue weighted by atomic mass is 10.1. The fraction of sp³-hybridized carbons (Fsp3) is 0.125. The molecule has 1 heterocycles. The molecule has 0 aliphatic carbocycles. The van der Waals surface area contributed by atoms with Crippen LogP contribution in [0.3, 0.4) is 0 Å². The van der Waals surface area contributed by atoms with Crippen LogP contribution in [0.1, 0.15) is 22.8 Å². The number of fused-ring (bicyclic) bond motifs is 1. The Balaban J connectivity index is 1.92. The van der Waals surface area contributed by atoms with E-state index in [-0.39, 0.29) is 5.91 Å². The molecule has 3 rings (SSSR count). The van der Waals surface area contributed by atoms with E-state index in [1.807, 2.05) is 36.4 Å². The lowest BCUT2D eigenvalue weighted by molar-refractivity contribution is 0.102. The molecular formula is C16H13IN2OS. The van der Waals surface area contributed by atoms with Gasteiger partial charge in [-0.25, -0.2) is 4.98 Å². The second kappa shape index (κ2) is 6.11. The normalized spacial score (nSPS) is 10.8. The number of rotatable bonds is 3. The first-order valence-electron chi connectivity index (χ1n) is 6.63. The minimum atomic E-state index is -0.114. The highest BCUT2D eigenvalue weighted by molar-refractivity contribution is 14.1. The van der Waals surface area contributed by atoms with Crippen molar-refractivity contribution in [1.29, 1.82) is 0 Å². The number of thiazole rings is 1. The van der Waals surface area contributed by atoms with Crippen molar-refractivity contribution in [3.8, 4) is 0 Å². The molecular weight excluding hydrogens is 395 g/mol. The highest BCUT2D eigenvalue weighted by atomic mass is 127. The Morgan fingerprint density at radius 2 is 2.05 bits per heavy atom. The van der Waals surface area contributed by atoms with Gasteiger partial charge in [0.05, 0.1) is 15.8 Å². The SMILES string of the molecule is CCc1cccc2sc(NC(=O)c3ccccc3I)nc12. The predicted molar refractivity (Wildman–Crippen MR) is 96.1 cm³/mol. The van der Waals surface area contributed by atoms with Gasteiger partial charge >= 0.3 is 0 Å². The highest BCUT2D eigenvalue weighted by Crippen LogP contribution is 2.29. The number of aromatic nitrogens is 1. The number of hydrogen-bond acceptors (Lipinski definition) is 3. The average Bonchev–Trinajstić information content (AvgIpc) is 2.89. The van der Waals surface area contributed by atoms with Gasteiger partial charge in [0, 0.05) is 3.57 Å². The van der Waals surface area contributed by atoms with Gasteiger partial charge in [0.1, 0.15) is 0 Å². The zero-order chi connectivity index (χ0) is 14.8. The van der Waals surface area contributed by atoms with Gasteiger partial charge in [-0.1, -0.05) is 42.5 Å². The van der Waals surface area contributed by atoms with Crippen molar-refractivity contribution in [1.82, 2.24) is 4.98 Å². The molecule has 0 aliphatic rings. The van der Waals surface area contributed by atoms with E-state index in [0.29, 0.717) is 10.7 Å². The maximum Gasteiger partial charge on any atom is 0.258 e. The number of benzene rings is 2. The van der Waals surface area contributed by atoms with Crippen LogP contribution in [-0.4, -0.2) is 10.9 Å². The maximum absolute atomic E-state index is 12.3. The molecule has 5 heteroatoms. The molecule has 0 atom stereocenters. The number of anilines is 1. The largest absolute Gasteiger partial charge is 0.298 e. The lowest BCUT2D eigenvalue weighted by Gasteiger charge is -2.03. The summed E-state index contributed by atoms with van der Waals surface area (Å²) in [5.41, 5.74) is 2.87. The van der Waals surface area contributed by atoms with Crippen LogP contribution < -0.4 is 5.32 Å². The number of carbonyl (C=O) groups excluding carboxylic acids is 1. The van der Waals surface area contributed by atoms with E-state index in [2.05, 4.69) is 45.9 Å². The molecule has 106 valence electrons. The molecule has 0 bridgehead atoms. The Morgan fingerprint density at radius 3 is 2.81 bits per heavy atom. The highest BCUT2D eigenvalue weighted by Gasteiger charge is 2.13. The van der Waals surface area contributed by atoms with Crippen molar-refractivity contribution < 1.29 is 4.79 Å². The summed E-state index contributed by atoms with van der Waals surface area (Å²) in [5.74, 6) is -0.114. The molecule has 0 saturated heterocycles. The standard InChI is InChI=1S/C16H13IN2OS/c1-2-10-6-5-9-13-14(10)18-16(21-13)19-15(20)11-7-3-4-8-12(11)17/h3-9H,2H2,1H3,(H,18,19,20). The fourth-order valence-electron chi connectivity index (χ4n) is 2.15. The zero-order valence-corrected chi connectivity index (χ0v) is 14.4. The molecule has 21 heavy (non-hydrogen) atoms. The van der Waals surface area contributed by atoms with Crippen LogP contribution in [-0.2, 0) is 6.42 Å². The van der Waals surface area contributed by atoms with E-state index >= 15 is 0 Å². The van der Waals surface area contributed by atoms with Crippen LogP contribution >= 0.6 is 33.9 Å². The topological polar surface area (TPSA) is 42.0 Å². The summed E-state index contributed by atoms with van der Waals surface area (Å²) in [6, 6.07) is 13.7. The predicted octanol–water partition coefficient (Wildman–Crippen LogP) is 4.72. The van der Waals surface area contributed by atoms with Gasteiger partial charge in [0.25, 0.3) is 5.91 Å². The van der Waals surface area contributed by atoms with Crippen LogP contribution in [0.2, 0.25) is 0 Å². The summed E-state index contributed by atoms with van der Waals surface area (Å²) >= 11 is 3.68. The summed E-state index contributed by atoms with van der Waals surface area (Å²) in [5, 5.41) is 3.55. The molecule has 3 aromatic rings. The summed E-state index contributed by atoms with van der Waals surface area (Å²) in [7, 11) is 0. The quantitative estimate of drug-likeness (QED) is 0.638. The van der Waals surface area contributed by atoms with E-state index in [9.17, 15) is 4.79 Å². The van der Waals surface area contributed by atoms with Crippen LogP contribution in [0.5, 0.6) is 0 Å². The van der Waals surface area contributed by atoms with Gasteiger partial charge in [-0.05, 0) is 52.8 Å².